The summed E-state index contributed by atoms with van der Waals surface area (Å²) < 4.78 is 25.9. The van der Waals surface area contributed by atoms with Crippen LogP contribution in [0.2, 0.25) is 10.0 Å². The Balaban J connectivity index is 2.33. The molecule has 0 saturated heterocycles. The number of amides is 2. The van der Waals surface area contributed by atoms with E-state index in [4.69, 9.17) is 23.2 Å². The zero-order chi connectivity index (χ0) is 23.9. The van der Waals surface area contributed by atoms with Gasteiger partial charge in [-0.2, -0.15) is 0 Å². The molecule has 1 N–H and O–H groups in total. The maximum atomic E-state index is 13.3. The van der Waals surface area contributed by atoms with Crippen LogP contribution in [0, 0.1) is 0 Å². The van der Waals surface area contributed by atoms with Gasteiger partial charge in [0.1, 0.15) is 12.6 Å². The number of nitrogens with one attached hydrogen (secondary N) is 1. The first-order valence-corrected chi connectivity index (χ1v) is 12.7. The van der Waals surface area contributed by atoms with E-state index in [0.717, 1.165) is 16.1 Å². The molecule has 0 aliphatic heterocycles. The minimum absolute atomic E-state index is 0.173. The molecule has 2 aromatic rings. The van der Waals surface area contributed by atoms with E-state index in [1.165, 1.54) is 23.1 Å². The molecule has 0 bridgehead atoms. The highest BCUT2D eigenvalue weighted by atomic mass is 35.5. The molecule has 1 atom stereocenters. The normalized spacial score (nSPS) is 12.2. The van der Waals surface area contributed by atoms with E-state index < -0.39 is 28.5 Å². The number of carbonyl (C=O) groups is 2. The van der Waals surface area contributed by atoms with Crippen molar-refractivity contribution in [1.29, 1.82) is 0 Å². The standard InChI is InChI=1S/C22H27Cl2N3O4S/c1-4-25-22(29)16(2)26(11-10-17-8-6-5-7-9-17)21(28)15-27(32(3,30)31)20-13-18(23)12-19(24)14-20/h5-9,12-14,16H,4,10-11,15H2,1-3H3,(H,25,29). The molecule has 1 unspecified atom stereocenters. The number of halogens is 2. The number of sulfonamides is 1. The van der Waals surface area contributed by atoms with Crippen molar-refractivity contribution in [2.75, 3.05) is 30.2 Å². The van der Waals surface area contributed by atoms with Crippen LogP contribution in [0.5, 0.6) is 0 Å². The summed E-state index contributed by atoms with van der Waals surface area (Å²) in [5.74, 6) is -0.827. The topological polar surface area (TPSA) is 86.8 Å². The number of likely N-dealkylation sites (N-methyl/N-ethyl adjacent to an activating group) is 1. The molecule has 2 aromatic carbocycles. The van der Waals surface area contributed by atoms with Gasteiger partial charge in [0.2, 0.25) is 21.8 Å². The van der Waals surface area contributed by atoms with Crippen molar-refractivity contribution in [3.05, 3.63) is 64.1 Å². The second-order valence-corrected chi connectivity index (χ2v) is 10.1. The predicted octanol–water partition coefficient (Wildman–Crippen LogP) is 3.36. The fourth-order valence-electron chi connectivity index (χ4n) is 3.19. The van der Waals surface area contributed by atoms with E-state index in [9.17, 15) is 18.0 Å². The lowest BCUT2D eigenvalue weighted by Gasteiger charge is -2.31. The van der Waals surface area contributed by atoms with Gasteiger partial charge in [-0.3, -0.25) is 13.9 Å². The third kappa shape index (κ3) is 7.39. The van der Waals surface area contributed by atoms with Crippen molar-refractivity contribution in [2.45, 2.75) is 26.3 Å². The zero-order valence-corrected chi connectivity index (χ0v) is 20.5. The largest absolute Gasteiger partial charge is 0.355 e. The molecule has 0 heterocycles. The van der Waals surface area contributed by atoms with Crippen molar-refractivity contribution in [2.24, 2.45) is 0 Å². The lowest BCUT2D eigenvalue weighted by molar-refractivity contribution is -0.138. The van der Waals surface area contributed by atoms with Gasteiger partial charge in [-0.15, -0.1) is 0 Å². The van der Waals surface area contributed by atoms with Crippen LogP contribution >= 0.6 is 23.2 Å². The minimum atomic E-state index is -3.84. The van der Waals surface area contributed by atoms with Gasteiger partial charge in [0.05, 0.1) is 11.9 Å². The number of anilines is 1. The van der Waals surface area contributed by atoms with Gasteiger partial charge in [0.25, 0.3) is 0 Å². The average molecular weight is 500 g/mol. The Morgan fingerprint density at radius 1 is 1.06 bits per heavy atom. The lowest BCUT2D eigenvalue weighted by Crippen LogP contribution is -2.52. The predicted molar refractivity (Wildman–Crippen MR) is 129 cm³/mol. The Kier molecular flexibility index (Phi) is 9.36. The molecule has 32 heavy (non-hydrogen) atoms. The van der Waals surface area contributed by atoms with Crippen LogP contribution in [0.1, 0.15) is 19.4 Å². The van der Waals surface area contributed by atoms with Gasteiger partial charge in [0, 0.05) is 23.1 Å². The van der Waals surface area contributed by atoms with Crippen molar-refractivity contribution in [1.82, 2.24) is 10.2 Å². The van der Waals surface area contributed by atoms with Gasteiger partial charge in [-0.05, 0) is 44.0 Å². The third-order valence-corrected chi connectivity index (χ3v) is 6.39. The van der Waals surface area contributed by atoms with Crippen molar-refractivity contribution in [3.63, 3.8) is 0 Å². The fraction of sp³-hybridized carbons (Fsp3) is 0.364. The average Bonchev–Trinajstić information content (AvgIpc) is 2.71. The molecule has 174 valence electrons. The molecule has 10 heteroatoms. The first kappa shape index (κ1) is 26.0. The highest BCUT2D eigenvalue weighted by molar-refractivity contribution is 7.92. The summed E-state index contributed by atoms with van der Waals surface area (Å²) in [6.45, 7) is 3.58. The van der Waals surface area contributed by atoms with Gasteiger partial charge in [0.15, 0.2) is 0 Å². The smallest absolute Gasteiger partial charge is 0.244 e. The molecule has 2 amide bonds. The third-order valence-electron chi connectivity index (χ3n) is 4.82. The Morgan fingerprint density at radius 2 is 1.66 bits per heavy atom. The fourth-order valence-corrected chi connectivity index (χ4v) is 4.54. The zero-order valence-electron chi connectivity index (χ0n) is 18.2. The van der Waals surface area contributed by atoms with Crippen LogP contribution in [0.4, 0.5) is 5.69 Å². The first-order valence-electron chi connectivity index (χ1n) is 10.1. The van der Waals surface area contributed by atoms with Gasteiger partial charge in [-0.25, -0.2) is 8.42 Å². The SMILES string of the molecule is CCNC(=O)C(C)N(CCc1ccccc1)C(=O)CN(c1cc(Cl)cc(Cl)c1)S(C)(=O)=O. The van der Waals surface area contributed by atoms with Crippen LogP contribution in [-0.4, -0.2) is 57.1 Å². The Morgan fingerprint density at radius 3 is 2.19 bits per heavy atom. The van der Waals surface area contributed by atoms with Crippen LogP contribution in [-0.2, 0) is 26.0 Å². The van der Waals surface area contributed by atoms with Crippen molar-refractivity contribution in [3.8, 4) is 0 Å². The van der Waals surface area contributed by atoms with Crippen LogP contribution in [0.3, 0.4) is 0 Å². The molecular weight excluding hydrogens is 473 g/mol. The molecule has 2 rings (SSSR count). The monoisotopic (exact) mass is 499 g/mol. The Hall–Kier alpha value is -2.29. The summed E-state index contributed by atoms with van der Waals surface area (Å²) in [4.78, 5) is 27.2. The van der Waals surface area contributed by atoms with Crippen LogP contribution in [0.15, 0.2) is 48.5 Å². The number of nitrogens with zero attached hydrogens (tertiary/aromatic N) is 2. The molecular formula is C22H27Cl2N3O4S. The second kappa shape index (κ2) is 11.5. The quantitative estimate of drug-likeness (QED) is 0.542. The molecule has 0 aliphatic carbocycles. The van der Waals surface area contributed by atoms with Gasteiger partial charge < -0.3 is 10.2 Å². The summed E-state index contributed by atoms with van der Waals surface area (Å²) >= 11 is 12.1. The molecule has 0 fully saturated rings. The molecule has 0 radical (unpaired) electrons. The summed E-state index contributed by atoms with van der Waals surface area (Å²) in [6, 6.07) is 13.1. The molecule has 0 aromatic heterocycles. The minimum Gasteiger partial charge on any atom is -0.355 e. The maximum Gasteiger partial charge on any atom is 0.244 e. The summed E-state index contributed by atoms with van der Waals surface area (Å²) in [5.41, 5.74) is 1.17. The van der Waals surface area contributed by atoms with Crippen LogP contribution < -0.4 is 9.62 Å². The van der Waals surface area contributed by atoms with Gasteiger partial charge >= 0.3 is 0 Å². The highest BCUT2D eigenvalue weighted by Crippen LogP contribution is 2.27. The van der Waals surface area contributed by atoms with E-state index in [0.29, 0.717) is 13.0 Å². The summed E-state index contributed by atoms with van der Waals surface area (Å²) in [6.07, 6.45) is 1.51. The van der Waals surface area contributed by atoms with E-state index in [1.807, 2.05) is 30.3 Å². The van der Waals surface area contributed by atoms with E-state index >= 15 is 0 Å². The molecule has 0 aliphatic rings. The molecule has 7 nitrogen and oxygen atoms in total. The molecule has 0 spiro atoms. The van der Waals surface area contributed by atoms with Gasteiger partial charge in [-0.1, -0.05) is 53.5 Å². The number of hydrogen-bond acceptors (Lipinski definition) is 4. The van der Waals surface area contributed by atoms with Crippen molar-refractivity contribution >= 4 is 50.7 Å². The highest BCUT2D eigenvalue weighted by Gasteiger charge is 2.29. The second-order valence-electron chi connectivity index (χ2n) is 7.29. The van der Waals surface area contributed by atoms with E-state index in [2.05, 4.69) is 5.32 Å². The molecule has 0 saturated carbocycles. The maximum absolute atomic E-state index is 13.3. The summed E-state index contributed by atoms with van der Waals surface area (Å²) in [5, 5.41) is 3.19. The first-order chi connectivity index (χ1) is 15.0. The van der Waals surface area contributed by atoms with E-state index in [1.54, 1.807) is 13.8 Å². The van der Waals surface area contributed by atoms with Crippen molar-refractivity contribution < 1.29 is 18.0 Å². The number of rotatable bonds is 10. The Labute approximate surface area is 199 Å². The van der Waals surface area contributed by atoms with Crippen LogP contribution in [0.25, 0.3) is 0 Å². The summed E-state index contributed by atoms with van der Waals surface area (Å²) in [7, 11) is -3.84. The Bertz CT molecular complexity index is 1030. The lowest BCUT2D eigenvalue weighted by atomic mass is 10.1. The number of benzene rings is 2. The number of carbonyl (C=O) groups excluding carboxylic acids is 2. The van der Waals surface area contributed by atoms with E-state index in [-0.39, 0.29) is 28.2 Å². The number of hydrogen-bond donors (Lipinski definition) is 1.